The maximum atomic E-state index is 5.42. The van der Waals surface area contributed by atoms with Gasteiger partial charge in [-0.15, -0.1) is 0 Å². The van der Waals surface area contributed by atoms with Gasteiger partial charge < -0.3 is 14.8 Å². The normalized spacial score (nSPS) is 12.0. The van der Waals surface area contributed by atoms with Crippen LogP contribution in [0.2, 0.25) is 0 Å². The molecular formula is C18H23NO2. The van der Waals surface area contributed by atoms with Gasteiger partial charge in [-0.05, 0) is 25.0 Å². The minimum Gasteiger partial charge on any atom is -0.497 e. The fraction of sp³-hybridized carbons (Fsp3) is 0.333. The van der Waals surface area contributed by atoms with Crippen molar-refractivity contribution in [3.8, 4) is 11.5 Å². The van der Waals surface area contributed by atoms with Crippen molar-refractivity contribution in [2.24, 2.45) is 0 Å². The second-order valence-corrected chi connectivity index (χ2v) is 5.15. The summed E-state index contributed by atoms with van der Waals surface area (Å²) >= 11 is 0. The van der Waals surface area contributed by atoms with Gasteiger partial charge in [0.25, 0.3) is 0 Å². The van der Waals surface area contributed by atoms with Crippen molar-refractivity contribution in [2.45, 2.75) is 25.9 Å². The molecule has 1 N–H and O–H groups in total. The van der Waals surface area contributed by atoms with E-state index in [0.717, 1.165) is 30.0 Å². The zero-order valence-corrected chi connectivity index (χ0v) is 12.9. The van der Waals surface area contributed by atoms with Crippen LogP contribution in [0.1, 0.15) is 18.1 Å². The average Bonchev–Trinajstić information content (AvgIpc) is 2.53. The first kappa shape index (κ1) is 15.4. The van der Waals surface area contributed by atoms with E-state index in [1.165, 1.54) is 5.56 Å². The van der Waals surface area contributed by atoms with Gasteiger partial charge in [-0.2, -0.15) is 0 Å². The van der Waals surface area contributed by atoms with E-state index in [9.17, 15) is 0 Å². The van der Waals surface area contributed by atoms with Crippen molar-refractivity contribution < 1.29 is 9.47 Å². The lowest BCUT2D eigenvalue weighted by Gasteiger charge is -2.16. The molecule has 0 aliphatic rings. The van der Waals surface area contributed by atoms with Gasteiger partial charge in [-0.25, -0.2) is 0 Å². The molecule has 0 aromatic heterocycles. The van der Waals surface area contributed by atoms with Gasteiger partial charge in [0.1, 0.15) is 11.5 Å². The summed E-state index contributed by atoms with van der Waals surface area (Å²) in [6.45, 7) is 2.98. The number of hydrogen-bond acceptors (Lipinski definition) is 3. The van der Waals surface area contributed by atoms with Crippen molar-refractivity contribution >= 4 is 0 Å². The zero-order chi connectivity index (χ0) is 15.1. The Kier molecular flexibility index (Phi) is 5.64. The maximum Gasteiger partial charge on any atom is 0.127 e. The van der Waals surface area contributed by atoms with Crippen LogP contribution < -0.4 is 14.8 Å². The molecular weight excluding hydrogens is 262 g/mol. The molecule has 3 heteroatoms. The summed E-state index contributed by atoms with van der Waals surface area (Å²) in [5.74, 6) is 1.67. The van der Waals surface area contributed by atoms with Crippen LogP contribution in [-0.4, -0.2) is 20.3 Å². The number of ether oxygens (including phenoxy) is 2. The quantitative estimate of drug-likeness (QED) is 0.845. The molecule has 0 saturated carbocycles. The Morgan fingerprint density at radius 1 is 1.00 bits per heavy atom. The van der Waals surface area contributed by atoms with Crippen molar-refractivity contribution in [3.05, 3.63) is 59.7 Å². The molecule has 1 atom stereocenters. The van der Waals surface area contributed by atoms with Crippen molar-refractivity contribution in [1.82, 2.24) is 5.32 Å². The largest absolute Gasteiger partial charge is 0.497 e. The third-order valence-electron chi connectivity index (χ3n) is 3.52. The van der Waals surface area contributed by atoms with E-state index in [1.807, 2.05) is 24.3 Å². The monoisotopic (exact) mass is 285 g/mol. The SMILES string of the molecule is COc1ccc(CNC(C)Cc2ccccc2)c(OC)c1. The smallest absolute Gasteiger partial charge is 0.127 e. The van der Waals surface area contributed by atoms with E-state index in [2.05, 4.69) is 36.5 Å². The molecule has 0 bridgehead atoms. The van der Waals surface area contributed by atoms with Gasteiger partial charge >= 0.3 is 0 Å². The van der Waals surface area contributed by atoms with Crippen molar-refractivity contribution in [3.63, 3.8) is 0 Å². The molecule has 0 fully saturated rings. The standard InChI is InChI=1S/C18H23NO2/c1-14(11-15-7-5-4-6-8-15)19-13-16-9-10-17(20-2)12-18(16)21-3/h4-10,12,14,19H,11,13H2,1-3H3. The highest BCUT2D eigenvalue weighted by Crippen LogP contribution is 2.24. The second kappa shape index (κ2) is 7.70. The molecule has 0 heterocycles. The first-order valence-electron chi connectivity index (χ1n) is 7.21. The molecule has 0 aliphatic carbocycles. The van der Waals surface area contributed by atoms with E-state index >= 15 is 0 Å². The van der Waals surface area contributed by atoms with Crippen LogP contribution in [0.5, 0.6) is 11.5 Å². The number of rotatable bonds is 7. The van der Waals surface area contributed by atoms with E-state index < -0.39 is 0 Å². The molecule has 0 aliphatic heterocycles. The van der Waals surface area contributed by atoms with Crippen LogP contribution in [0.25, 0.3) is 0 Å². The summed E-state index contributed by atoms with van der Waals surface area (Å²) in [6.07, 6.45) is 1.01. The van der Waals surface area contributed by atoms with Crippen LogP contribution in [0.15, 0.2) is 48.5 Å². The molecule has 0 amide bonds. The van der Waals surface area contributed by atoms with Gasteiger partial charge in [0.2, 0.25) is 0 Å². The Labute approximate surface area is 126 Å². The Bertz CT molecular complexity index is 554. The molecule has 21 heavy (non-hydrogen) atoms. The third kappa shape index (κ3) is 4.50. The van der Waals surface area contributed by atoms with Gasteiger partial charge in [-0.1, -0.05) is 36.4 Å². The number of hydrogen-bond donors (Lipinski definition) is 1. The molecule has 1 unspecified atom stereocenters. The lowest BCUT2D eigenvalue weighted by atomic mass is 10.1. The summed E-state index contributed by atoms with van der Waals surface area (Å²) in [7, 11) is 3.35. The molecule has 3 nitrogen and oxygen atoms in total. The molecule has 112 valence electrons. The highest BCUT2D eigenvalue weighted by molar-refractivity contribution is 5.40. The second-order valence-electron chi connectivity index (χ2n) is 5.15. The molecule has 2 rings (SSSR count). The Hall–Kier alpha value is -2.00. The number of nitrogens with one attached hydrogen (secondary N) is 1. The van der Waals surface area contributed by atoms with Crippen LogP contribution in [-0.2, 0) is 13.0 Å². The molecule has 2 aromatic rings. The van der Waals surface area contributed by atoms with Crippen LogP contribution in [0.3, 0.4) is 0 Å². The Balaban J connectivity index is 1.93. The van der Waals surface area contributed by atoms with E-state index in [4.69, 9.17) is 9.47 Å². The summed E-state index contributed by atoms with van der Waals surface area (Å²) in [6, 6.07) is 16.8. The van der Waals surface area contributed by atoms with Gasteiger partial charge in [-0.3, -0.25) is 0 Å². The van der Waals surface area contributed by atoms with Crippen LogP contribution in [0, 0.1) is 0 Å². The minimum absolute atomic E-state index is 0.402. The van der Waals surface area contributed by atoms with Crippen molar-refractivity contribution in [2.75, 3.05) is 14.2 Å². The van der Waals surface area contributed by atoms with Crippen molar-refractivity contribution in [1.29, 1.82) is 0 Å². The summed E-state index contributed by atoms with van der Waals surface area (Å²) in [5.41, 5.74) is 2.48. The van der Waals surface area contributed by atoms with Gasteiger partial charge in [0.15, 0.2) is 0 Å². The predicted octanol–water partition coefficient (Wildman–Crippen LogP) is 3.42. The fourth-order valence-corrected chi connectivity index (χ4v) is 2.32. The van der Waals surface area contributed by atoms with Gasteiger partial charge in [0.05, 0.1) is 14.2 Å². The summed E-state index contributed by atoms with van der Waals surface area (Å²) in [5, 5.41) is 3.54. The lowest BCUT2D eigenvalue weighted by Crippen LogP contribution is -2.27. The van der Waals surface area contributed by atoms with E-state index in [-0.39, 0.29) is 0 Å². The highest BCUT2D eigenvalue weighted by atomic mass is 16.5. The average molecular weight is 285 g/mol. The van der Waals surface area contributed by atoms with E-state index in [1.54, 1.807) is 14.2 Å². The third-order valence-corrected chi connectivity index (χ3v) is 3.52. The zero-order valence-electron chi connectivity index (χ0n) is 12.9. The molecule has 2 aromatic carbocycles. The van der Waals surface area contributed by atoms with Crippen LogP contribution in [0.4, 0.5) is 0 Å². The van der Waals surface area contributed by atoms with Gasteiger partial charge in [0, 0.05) is 24.2 Å². The summed E-state index contributed by atoms with van der Waals surface area (Å²) < 4.78 is 10.6. The fourth-order valence-electron chi connectivity index (χ4n) is 2.32. The first-order valence-corrected chi connectivity index (χ1v) is 7.21. The molecule has 0 saturated heterocycles. The van der Waals surface area contributed by atoms with E-state index in [0.29, 0.717) is 6.04 Å². The highest BCUT2D eigenvalue weighted by Gasteiger charge is 2.07. The Morgan fingerprint density at radius 2 is 1.76 bits per heavy atom. The molecule has 0 spiro atoms. The van der Waals surface area contributed by atoms with Crippen LogP contribution >= 0.6 is 0 Å². The Morgan fingerprint density at radius 3 is 2.43 bits per heavy atom. The molecule has 0 radical (unpaired) electrons. The lowest BCUT2D eigenvalue weighted by molar-refractivity contribution is 0.388. The first-order chi connectivity index (χ1) is 10.2. The maximum absolute atomic E-state index is 5.42. The summed E-state index contributed by atoms with van der Waals surface area (Å²) in [4.78, 5) is 0. The minimum atomic E-state index is 0.402. The number of benzene rings is 2. The predicted molar refractivity (Wildman–Crippen MR) is 86.0 cm³/mol. The number of methoxy groups -OCH3 is 2. The topological polar surface area (TPSA) is 30.5 Å².